The monoisotopic (exact) mass is 232 g/mol. The molecule has 1 unspecified atom stereocenters. The summed E-state index contributed by atoms with van der Waals surface area (Å²) in [7, 11) is 0. The lowest BCUT2D eigenvalue weighted by Gasteiger charge is -2.38. The third kappa shape index (κ3) is 2.00. The van der Waals surface area contributed by atoms with Crippen molar-refractivity contribution in [2.24, 2.45) is 0 Å². The largest absolute Gasteiger partial charge is 0.508 e. The predicted molar refractivity (Wildman–Crippen MR) is 69.4 cm³/mol. The first-order valence-electron chi connectivity index (χ1n) is 6.66. The molecular weight excluding hydrogens is 212 g/mol. The Balaban J connectivity index is 1.92. The molecule has 3 rings (SSSR count). The molecule has 0 aliphatic carbocycles. The standard InChI is InChI=1S/C14H20N2O/c17-13-6-4-5-11-14(13)12(7-8-15-11)16-9-2-1-3-10-16/h4-6,12,15,17H,1-3,7-10H2. The van der Waals surface area contributed by atoms with Gasteiger partial charge in [-0.25, -0.2) is 0 Å². The number of phenols is 1. The van der Waals surface area contributed by atoms with Crippen molar-refractivity contribution in [1.29, 1.82) is 0 Å². The van der Waals surface area contributed by atoms with Crippen LogP contribution in [0.2, 0.25) is 0 Å². The Kier molecular flexibility index (Phi) is 2.93. The van der Waals surface area contributed by atoms with E-state index in [2.05, 4.69) is 16.3 Å². The Bertz CT molecular complexity index is 399. The van der Waals surface area contributed by atoms with Crippen LogP contribution in [0.1, 0.15) is 37.3 Å². The van der Waals surface area contributed by atoms with Crippen molar-refractivity contribution in [1.82, 2.24) is 4.90 Å². The van der Waals surface area contributed by atoms with Gasteiger partial charge in [-0.2, -0.15) is 0 Å². The molecule has 0 bridgehead atoms. The first-order chi connectivity index (χ1) is 8.36. The van der Waals surface area contributed by atoms with Crippen molar-refractivity contribution in [3.63, 3.8) is 0 Å². The van der Waals surface area contributed by atoms with E-state index >= 15 is 0 Å². The highest BCUT2D eigenvalue weighted by Gasteiger charge is 2.28. The average molecular weight is 232 g/mol. The van der Waals surface area contributed by atoms with Crippen molar-refractivity contribution in [3.8, 4) is 5.75 Å². The van der Waals surface area contributed by atoms with Crippen LogP contribution >= 0.6 is 0 Å². The molecule has 1 atom stereocenters. The van der Waals surface area contributed by atoms with Gasteiger partial charge in [-0.3, -0.25) is 4.90 Å². The summed E-state index contributed by atoms with van der Waals surface area (Å²) in [5, 5.41) is 13.5. The number of aromatic hydroxyl groups is 1. The number of fused-ring (bicyclic) bond motifs is 1. The lowest BCUT2D eigenvalue weighted by Crippen LogP contribution is -2.36. The fourth-order valence-corrected chi connectivity index (χ4v) is 3.14. The third-order valence-corrected chi connectivity index (χ3v) is 3.98. The summed E-state index contributed by atoms with van der Waals surface area (Å²) in [5.41, 5.74) is 2.23. The molecule has 3 heteroatoms. The smallest absolute Gasteiger partial charge is 0.122 e. The van der Waals surface area contributed by atoms with E-state index in [1.54, 1.807) is 0 Å². The van der Waals surface area contributed by atoms with E-state index in [-0.39, 0.29) is 0 Å². The van der Waals surface area contributed by atoms with Crippen LogP contribution in [0, 0.1) is 0 Å². The van der Waals surface area contributed by atoms with Crippen molar-refractivity contribution < 1.29 is 5.11 Å². The van der Waals surface area contributed by atoms with Crippen LogP contribution in [0.25, 0.3) is 0 Å². The van der Waals surface area contributed by atoms with Gasteiger partial charge in [-0.05, 0) is 44.5 Å². The molecule has 1 aromatic rings. The molecule has 1 fully saturated rings. The maximum Gasteiger partial charge on any atom is 0.122 e. The van der Waals surface area contributed by atoms with Crippen LogP contribution in [0.3, 0.4) is 0 Å². The zero-order chi connectivity index (χ0) is 11.7. The molecule has 0 saturated carbocycles. The summed E-state index contributed by atoms with van der Waals surface area (Å²) >= 11 is 0. The van der Waals surface area contributed by atoms with Gasteiger partial charge < -0.3 is 10.4 Å². The van der Waals surface area contributed by atoms with Crippen LogP contribution in [0.5, 0.6) is 5.75 Å². The van der Waals surface area contributed by atoms with E-state index in [9.17, 15) is 5.11 Å². The second-order valence-electron chi connectivity index (χ2n) is 5.07. The van der Waals surface area contributed by atoms with Gasteiger partial charge in [0, 0.05) is 23.8 Å². The van der Waals surface area contributed by atoms with Crippen molar-refractivity contribution in [2.75, 3.05) is 25.0 Å². The highest BCUT2D eigenvalue weighted by atomic mass is 16.3. The maximum atomic E-state index is 10.1. The average Bonchev–Trinajstić information content (AvgIpc) is 2.39. The van der Waals surface area contributed by atoms with E-state index in [1.165, 1.54) is 32.4 Å². The Morgan fingerprint density at radius 3 is 2.82 bits per heavy atom. The number of anilines is 1. The summed E-state index contributed by atoms with van der Waals surface area (Å²) in [5.74, 6) is 0.449. The van der Waals surface area contributed by atoms with Gasteiger partial charge in [-0.15, -0.1) is 0 Å². The van der Waals surface area contributed by atoms with Crippen LogP contribution in [-0.2, 0) is 0 Å². The van der Waals surface area contributed by atoms with Gasteiger partial charge in [0.25, 0.3) is 0 Å². The Hall–Kier alpha value is -1.22. The number of hydrogen-bond acceptors (Lipinski definition) is 3. The van der Waals surface area contributed by atoms with Gasteiger partial charge in [0.15, 0.2) is 0 Å². The molecule has 0 amide bonds. The minimum atomic E-state index is 0.410. The van der Waals surface area contributed by atoms with E-state index < -0.39 is 0 Å². The summed E-state index contributed by atoms with van der Waals surface area (Å²) in [6.07, 6.45) is 5.05. The van der Waals surface area contributed by atoms with Gasteiger partial charge in [0.2, 0.25) is 0 Å². The highest BCUT2D eigenvalue weighted by molar-refractivity contribution is 5.60. The molecule has 1 aromatic carbocycles. The van der Waals surface area contributed by atoms with Crippen molar-refractivity contribution in [2.45, 2.75) is 31.7 Å². The zero-order valence-electron chi connectivity index (χ0n) is 10.2. The number of benzene rings is 1. The number of piperidine rings is 1. The zero-order valence-corrected chi connectivity index (χ0v) is 10.2. The fraction of sp³-hybridized carbons (Fsp3) is 0.571. The molecule has 17 heavy (non-hydrogen) atoms. The van der Waals surface area contributed by atoms with Gasteiger partial charge in [0.1, 0.15) is 5.75 Å². The molecule has 3 nitrogen and oxygen atoms in total. The molecule has 2 aliphatic heterocycles. The normalized spacial score (nSPS) is 25.1. The fourth-order valence-electron chi connectivity index (χ4n) is 3.14. The molecule has 0 radical (unpaired) electrons. The molecule has 1 saturated heterocycles. The molecule has 92 valence electrons. The summed E-state index contributed by atoms with van der Waals surface area (Å²) in [6.45, 7) is 3.37. The lowest BCUT2D eigenvalue weighted by atomic mass is 9.94. The maximum absolute atomic E-state index is 10.1. The van der Waals surface area contributed by atoms with Crippen molar-refractivity contribution >= 4 is 5.69 Å². The second kappa shape index (κ2) is 4.57. The summed E-state index contributed by atoms with van der Waals surface area (Å²) in [6, 6.07) is 6.21. The Labute approximate surface area is 102 Å². The van der Waals surface area contributed by atoms with Gasteiger partial charge >= 0.3 is 0 Å². The molecular formula is C14H20N2O. The Morgan fingerprint density at radius 2 is 2.00 bits per heavy atom. The summed E-state index contributed by atoms with van der Waals surface area (Å²) < 4.78 is 0. The third-order valence-electron chi connectivity index (χ3n) is 3.98. The predicted octanol–water partition coefficient (Wildman–Crippen LogP) is 2.73. The number of phenolic OH excluding ortho intramolecular Hbond substituents is 1. The molecule has 0 spiro atoms. The molecule has 0 aromatic heterocycles. The van der Waals surface area contributed by atoms with E-state index in [0.717, 1.165) is 24.2 Å². The number of hydrogen-bond donors (Lipinski definition) is 2. The van der Waals surface area contributed by atoms with Crippen molar-refractivity contribution in [3.05, 3.63) is 23.8 Å². The first kappa shape index (κ1) is 10.9. The van der Waals surface area contributed by atoms with Gasteiger partial charge in [-0.1, -0.05) is 12.5 Å². The first-order valence-corrected chi connectivity index (χ1v) is 6.66. The van der Waals surface area contributed by atoms with Crippen LogP contribution < -0.4 is 5.32 Å². The summed E-state index contributed by atoms with van der Waals surface area (Å²) in [4.78, 5) is 2.54. The number of likely N-dealkylation sites (tertiary alicyclic amines) is 1. The minimum absolute atomic E-state index is 0.410. The Morgan fingerprint density at radius 1 is 1.18 bits per heavy atom. The SMILES string of the molecule is Oc1cccc2c1C(N1CCCCC1)CCN2. The van der Waals surface area contributed by atoms with Crippen LogP contribution in [0.15, 0.2) is 18.2 Å². The highest BCUT2D eigenvalue weighted by Crippen LogP contribution is 2.40. The number of nitrogens with one attached hydrogen (secondary N) is 1. The van der Waals surface area contributed by atoms with Crippen LogP contribution in [0.4, 0.5) is 5.69 Å². The quantitative estimate of drug-likeness (QED) is 0.781. The molecule has 2 N–H and O–H groups in total. The second-order valence-corrected chi connectivity index (χ2v) is 5.07. The van der Waals surface area contributed by atoms with Crippen LogP contribution in [-0.4, -0.2) is 29.6 Å². The van der Waals surface area contributed by atoms with Gasteiger partial charge in [0.05, 0.1) is 0 Å². The van der Waals surface area contributed by atoms with E-state index in [4.69, 9.17) is 0 Å². The van der Waals surface area contributed by atoms with E-state index in [0.29, 0.717) is 11.8 Å². The van der Waals surface area contributed by atoms with E-state index in [1.807, 2.05) is 12.1 Å². The lowest BCUT2D eigenvalue weighted by molar-refractivity contribution is 0.154. The minimum Gasteiger partial charge on any atom is -0.508 e. The molecule has 2 heterocycles. The topological polar surface area (TPSA) is 35.5 Å². The number of rotatable bonds is 1. The molecule has 2 aliphatic rings. The number of nitrogens with zero attached hydrogens (tertiary/aromatic N) is 1.